The molecule has 42 valence electrons. The Morgan fingerprint density at radius 3 is 2.50 bits per heavy atom. The Bertz CT molecular complexity index is 176. The number of fused-ring (bicyclic) bond motifs is 1. The SMILES string of the molecule is C1Nc2nonc2N1. The van der Waals surface area contributed by atoms with E-state index < -0.39 is 0 Å². The monoisotopic (exact) mass is 112 g/mol. The van der Waals surface area contributed by atoms with Gasteiger partial charge in [0.2, 0.25) is 11.6 Å². The summed E-state index contributed by atoms with van der Waals surface area (Å²) in [6, 6.07) is 0. The molecule has 0 aromatic carbocycles. The van der Waals surface area contributed by atoms with Gasteiger partial charge < -0.3 is 10.6 Å². The molecule has 0 saturated heterocycles. The highest BCUT2D eigenvalue weighted by atomic mass is 16.6. The van der Waals surface area contributed by atoms with Gasteiger partial charge in [-0.25, -0.2) is 4.63 Å². The largest absolute Gasteiger partial charge is 0.347 e. The van der Waals surface area contributed by atoms with E-state index in [0.29, 0.717) is 18.3 Å². The number of nitrogens with zero attached hydrogens (tertiary/aromatic N) is 2. The van der Waals surface area contributed by atoms with E-state index >= 15 is 0 Å². The summed E-state index contributed by atoms with van der Waals surface area (Å²) in [5.74, 6) is 1.40. The van der Waals surface area contributed by atoms with Crippen LogP contribution in [0.1, 0.15) is 0 Å². The molecule has 0 spiro atoms. The quantitative estimate of drug-likeness (QED) is 0.489. The van der Waals surface area contributed by atoms with Crippen molar-refractivity contribution in [2.75, 3.05) is 17.3 Å². The van der Waals surface area contributed by atoms with Crippen LogP contribution in [0.5, 0.6) is 0 Å². The fourth-order valence-electron chi connectivity index (χ4n) is 0.632. The maximum atomic E-state index is 4.36. The van der Waals surface area contributed by atoms with E-state index in [-0.39, 0.29) is 0 Å². The third-order valence-corrected chi connectivity index (χ3v) is 1.00. The first-order valence-electron chi connectivity index (χ1n) is 2.27. The normalized spacial score (nSPS) is 14.5. The minimum absolute atomic E-state index is 0.695. The van der Waals surface area contributed by atoms with Gasteiger partial charge in [0.1, 0.15) is 0 Å². The molecule has 0 amide bonds. The molecule has 5 nitrogen and oxygen atoms in total. The van der Waals surface area contributed by atoms with E-state index in [2.05, 4.69) is 25.6 Å². The molecule has 1 aliphatic heterocycles. The van der Waals surface area contributed by atoms with Crippen molar-refractivity contribution < 1.29 is 4.63 Å². The lowest BCUT2D eigenvalue weighted by Crippen LogP contribution is -2.00. The van der Waals surface area contributed by atoms with Gasteiger partial charge in [-0.2, -0.15) is 0 Å². The number of rotatable bonds is 0. The van der Waals surface area contributed by atoms with Crippen molar-refractivity contribution in [3.05, 3.63) is 0 Å². The van der Waals surface area contributed by atoms with Crippen molar-refractivity contribution in [3.8, 4) is 0 Å². The van der Waals surface area contributed by atoms with Gasteiger partial charge in [-0.15, -0.1) is 0 Å². The van der Waals surface area contributed by atoms with Crippen LogP contribution in [0.4, 0.5) is 11.6 Å². The molecule has 0 bridgehead atoms. The third kappa shape index (κ3) is 0.305. The zero-order valence-electron chi connectivity index (χ0n) is 4.01. The zero-order valence-corrected chi connectivity index (χ0v) is 4.01. The van der Waals surface area contributed by atoms with E-state index in [1.54, 1.807) is 0 Å². The lowest BCUT2D eigenvalue weighted by Gasteiger charge is -1.84. The summed E-state index contributed by atoms with van der Waals surface area (Å²) < 4.78 is 4.36. The molecule has 0 fully saturated rings. The molecule has 2 heterocycles. The molecule has 0 atom stereocenters. The summed E-state index contributed by atoms with van der Waals surface area (Å²) in [6.45, 7) is 0.695. The highest BCUT2D eigenvalue weighted by molar-refractivity contribution is 5.62. The van der Waals surface area contributed by atoms with Crippen LogP contribution >= 0.6 is 0 Å². The first-order valence-corrected chi connectivity index (χ1v) is 2.27. The maximum Gasteiger partial charge on any atom is 0.216 e. The van der Waals surface area contributed by atoms with Gasteiger partial charge in [0.15, 0.2) is 0 Å². The molecule has 0 radical (unpaired) electrons. The Hall–Kier alpha value is -1.26. The molecule has 0 unspecified atom stereocenters. The third-order valence-electron chi connectivity index (χ3n) is 1.00. The topological polar surface area (TPSA) is 63.0 Å². The molecule has 8 heavy (non-hydrogen) atoms. The lowest BCUT2D eigenvalue weighted by atomic mass is 10.7. The molecular weight excluding hydrogens is 108 g/mol. The van der Waals surface area contributed by atoms with Crippen molar-refractivity contribution in [3.63, 3.8) is 0 Å². The fraction of sp³-hybridized carbons (Fsp3) is 0.333. The molecule has 0 aliphatic carbocycles. The van der Waals surface area contributed by atoms with Gasteiger partial charge in [-0.3, -0.25) is 0 Å². The van der Waals surface area contributed by atoms with E-state index in [1.807, 2.05) is 0 Å². The predicted octanol–water partition coefficient (Wildman–Crippen LogP) is -0.136. The minimum Gasteiger partial charge on any atom is -0.347 e. The second-order valence-corrected chi connectivity index (χ2v) is 1.49. The summed E-state index contributed by atoms with van der Waals surface area (Å²) in [7, 11) is 0. The van der Waals surface area contributed by atoms with E-state index in [0.717, 1.165) is 0 Å². The van der Waals surface area contributed by atoms with Gasteiger partial charge in [-0.1, -0.05) is 0 Å². The van der Waals surface area contributed by atoms with Gasteiger partial charge in [0, 0.05) is 0 Å². The van der Waals surface area contributed by atoms with E-state index in [4.69, 9.17) is 0 Å². The smallest absolute Gasteiger partial charge is 0.216 e. The van der Waals surface area contributed by atoms with Crippen LogP contribution in [0.3, 0.4) is 0 Å². The number of hydrogen-bond donors (Lipinski definition) is 2. The highest BCUT2D eigenvalue weighted by Gasteiger charge is 2.13. The fourth-order valence-corrected chi connectivity index (χ4v) is 0.632. The number of anilines is 2. The van der Waals surface area contributed by atoms with Crippen LogP contribution in [0.2, 0.25) is 0 Å². The molecule has 2 rings (SSSR count). The molecular formula is C3H4N4O. The predicted molar refractivity (Wildman–Crippen MR) is 26.4 cm³/mol. The molecule has 1 aromatic rings. The number of hydrogen-bond acceptors (Lipinski definition) is 5. The van der Waals surface area contributed by atoms with Crippen LogP contribution in [-0.4, -0.2) is 17.0 Å². The van der Waals surface area contributed by atoms with Gasteiger partial charge >= 0.3 is 0 Å². The van der Waals surface area contributed by atoms with Crippen LogP contribution in [0.25, 0.3) is 0 Å². The Kier molecular flexibility index (Phi) is 0.518. The Balaban J connectivity index is 2.54. The Morgan fingerprint density at radius 1 is 1.25 bits per heavy atom. The van der Waals surface area contributed by atoms with Crippen molar-refractivity contribution in [1.29, 1.82) is 0 Å². The van der Waals surface area contributed by atoms with Crippen LogP contribution < -0.4 is 10.6 Å². The first kappa shape index (κ1) is 3.71. The summed E-state index contributed by atoms with van der Waals surface area (Å²) in [5, 5.41) is 12.9. The zero-order chi connectivity index (χ0) is 5.40. The molecule has 0 saturated carbocycles. The summed E-state index contributed by atoms with van der Waals surface area (Å²) in [6.07, 6.45) is 0. The van der Waals surface area contributed by atoms with Gasteiger partial charge in [0.25, 0.3) is 0 Å². The van der Waals surface area contributed by atoms with Gasteiger partial charge in [-0.05, 0) is 10.3 Å². The Morgan fingerprint density at radius 2 is 1.88 bits per heavy atom. The minimum atomic E-state index is 0.695. The van der Waals surface area contributed by atoms with E-state index in [9.17, 15) is 0 Å². The van der Waals surface area contributed by atoms with Crippen molar-refractivity contribution in [2.45, 2.75) is 0 Å². The summed E-state index contributed by atoms with van der Waals surface area (Å²) >= 11 is 0. The van der Waals surface area contributed by atoms with Crippen molar-refractivity contribution in [1.82, 2.24) is 10.3 Å². The Labute approximate surface area is 45.0 Å². The average molecular weight is 112 g/mol. The molecule has 2 N–H and O–H groups in total. The maximum absolute atomic E-state index is 4.36. The van der Waals surface area contributed by atoms with Gasteiger partial charge in [0.05, 0.1) is 6.67 Å². The number of aromatic nitrogens is 2. The van der Waals surface area contributed by atoms with Crippen molar-refractivity contribution >= 4 is 11.6 Å². The van der Waals surface area contributed by atoms with Crippen LogP contribution in [0.15, 0.2) is 4.63 Å². The van der Waals surface area contributed by atoms with Crippen LogP contribution in [-0.2, 0) is 0 Å². The van der Waals surface area contributed by atoms with Crippen molar-refractivity contribution in [2.24, 2.45) is 0 Å². The second kappa shape index (κ2) is 1.12. The average Bonchev–Trinajstić information content (AvgIpc) is 2.15. The highest BCUT2D eigenvalue weighted by Crippen LogP contribution is 2.18. The first-order chi connectivity index (χ1) is 3.97. The molecule has 5 heteroatoms. The molecule has 1 aromatic heterocycles. The van der Waals surface area contributed by atoms with Crippen LogP contribution in [0, 0.1) is 0 Å². The second-order valence-electron chi connectivity index (χ2n) is 1.49. The standard InChI is InChI=1S/C3H4N4O/c1-4-2-3(5-1)7-8-6-2/h1H2,(H,4,6)(H,5,7). The van der Waals surface area contributed by atoms with E-state index in [1.165, 1.54) is 0 Å². The summed E-state index contributed by atoms with van der Waals surface area (Å²) in [5.41, 5.74) is 0. The number of nitrogens with one attached hydrogen (secondary N) is 2. The summed E-state index contributed by atoms with van der Waals surface area (Å²) in [4.78, 5) is 0. The molecule has 1 aliphatic rings. The lowest BCUT2D eigenvalue weighted by molar-refractivity contribution is 0.309.